The van der Waals surface area contributed by atoms with Gasteiger partial charge >= 0.3 is 0 Å². The average molecular weight is 295 g/mol. The molecule has 1 aromatic heterocycles. The van der Waals surface area contributed by atoms with Crippen LogP contribution in [0.4, 0.5) is 5.13 Å². The molecule has 1 aromatic rings. The van der Waals surface area contributed by atoms with Gasteiger partial charge in [0.2, 0.25) is 0 Å². The SMILES string of the molecule is CCCNCc1sc(N2CCC(C)C2)nc1C(C)(C)C. The summed E-state index contributed by atoms with van der Waals surface area (Å²) in [5.74, 6) is 0.804. The van der Waals surface area contributed by atoms with E-state index in [0.717, 1.165) is 19.0 Å². The fraction of sp³-hybridized carbons (Fsp3) is 0.812. The maximum absolute atomic E-state index is 4.98. The Labute approximate surface area is 127 Å². The van der Waals surface area contributed by atoms with Crippen molar-refractivity contribution in [2.45, 2.75) is 59.4 Å². The molecule has 1 aliphatic heterocycles. The first-order valence-electron chi connectivity index (χ1n) is 7.87. The second kappa shape index (κ2) is 6.44. The molecular formula is C16H29N3S. The molecule has 4 heteroatoms. The number of aromatic nitrogens is 1. The highest BCUT2D eigenvalue weighted by Crippen LogP contribution is 2.35. The first-order chi connectivity index (χ1) is 9.41. The van der Waals surface area contributed by atoms with Gasteiger partial charge in [0.15, 0.2) is 5.13 Å². The molecule has 0 aliphatic carbocycles. The van der Waals surface area contributed by atoms with Crippen LogP contribution in [0.1, 0.15) is 58.0 Å². The summed E-state index contributed by atoms with van der Waals surface area (Å²) >= 11 is 1.89. The van der Waals surface area contributed by atoms with Gasteiger partial charge in [0.1, 0.15) is 0 Å². The van der Waals surface area contributed by atoms with E-state index in [9.17, 15) is 0 Å². The zero-order valence-corrected chi connectivity index (χ0v) is 14.4. The summed E-state index contributed by atoms with van der Waals surface area (Å²) in [4.78, 5) is 8.86. The summed E-state index contributed by atoms with van der Waals surface area (Å²) in [7, 11) is 0. The lowest BCUT2D eigenvalue weighted by Crippen LogP contribution is -2.20. The highest BCUT2D eigenvalue weighted by molar-refractivity contribution is 7.15. The van der Waals surface area contributed by atoms with E-state index in [0.29, 0.717) is 0 Å². The van der Waals surface area contributed by atoms with Crippen LogP contribution in [0.25, 0.3) is 0 Å². The fourth-order valence-corrected chi connectivity index (χ4v) is 3.94. The number of rotatable bonds is 5. The molecule has 1 aliphatic rings. The smallest absolute Gasteiger partial charge is 0.185 e. The Morgan fingerprint density at radius 1 is 1.40 bits per heavy atom. The molecule has 1 atom stereocenters. The molecular weight excluding hydrogens is 266 g/mol. The molecule has 0 amide bonds. The van der Waals surface area contributed by atoms with Crippen molar-refractivity contribution in [3.05, 3.63) is 10.6 Å². The van der Waals surface area contributed by atoms with Crippen LogP contribution >= 0.6 is 11.3 Å². The van der Waals surface area contributed by atoms with E-state index in [2.05, 4.69) is 44.8 Å². The van der Waals surface area contributed by atoms with Crippen molar-refractivity contribution in [2.24, 2.45) is 5.92 Å². The second-order valence-electron chi connectivity index (χ2n) is 7.03. The minimum atomic E-state index is 0.128. The van der Waals surface area contributed by atoms with Gasteiger partial charge in [-0.3, -0.25) is 0 Å². The van der Waals surface area contributed by atoms with Crippen molar-refractivity contribution >= 4 is 16.5 Å². The summed E-state index contributed by atoms with van der Waals surface area (Å²) in [5.41, 5.74) is 1.41. The maximum atomic E-state index is 4.98. The average Bonchev–Trinajstić information content (AvgIpc) is 2.95. The van der Waals surface area contributed by atoms with Crippen LogP contribution in [0.3, 0.4) is 0 Å². The standard InChI is InChI=1S/C16H29N3S/c1-6-8-17-10-13-14(16(3,4)5)18-15(20-13)19-9-7-12(2)11-19/h12,17H,6-11H2,1-5H3. The molecule has 0 aromatic carbocycles. The van der Waals surface area contributed by atoms with Crippen molar-refractivity contribution in [1.29, 1.82) is 0 Å². The zero-order valence-electron chi connectivity index (χ0n) is 13.6. The van der Waals surface area contributed by atoms with Gasteiger partial charge in [-0.1, -0.05) is 34.6 Å². The van der Waals surface area contributed by atoms with Crippen molar-refractivity contribution in [2.75, 3.05) is 24.5 Å². The molecule has 1 saturated heterocycles. The Hall–Kier alpha value is -0.610. The number of hydrogen-bond donors (Lipinski definition) is 1. The third-order valence-electron chi connectivity index (χ3n) is 3.80. The lowest BCUT2D eigenvalue weighted by atomic mass is 9.91. The topological polar surface area (TPSA) is 28.2 Å². The molecule has 1 fully saturated rings. The van der Waals surface area contributed by atoms with Gasteiger partial charge in [-0.25, -0.2) is 4.98 Å². The van der Waals surface area contributed by atoms with Crippen LogP contribution in [0, 0.1) is 5.92 Å². The van der Waals surface area contributed by atoms with Gasteiger partial charge in [-0.15, -0.1) is 11.3 Å². The highest BCUT2D eigenvalue weighted by Gasteiger charge is 2.27. The predicted octanol–water partition coefficient (Wildman–Crippen LogP) is 3.79. The van der Waals surface area contributed by atoms with Gasteiger partial charge in [-0.05, 0) is 25.3 Å². The molecule has 0 spiro atoms. The summed E-state index contributed by atoms with van der Waals surface area (Å²) < 4.78 is 0. The van der Waals surface area contributed by atoms with Crippen molar-refractivity contribution in [3.8, 4) is 0 Å². The Morgan fingerprint density at radius 2 is 2.15 bits per heavy atom. The Bertz CT molecular complexity index is 433. The molecule has 2 rings (SSSR count). The van der Waals surface area contributed by atoms with E-state index in [1.165, 1.54) is 41.6 Å². The van der Waals surface area contributed by atoms with Crippen molar-refractivity contribution in [1.82, 2.24) is 10.3 Å². The zero-order chi connectivity index (χ0) is 14.8. The number of thiazole rings is 1. The first kappa shape index (κ1) is 15.8. The normalized spacial score (nSPS) is 19.9. The maximum Gasteiger partial charge on any atom is 0.185 e. The van der Waals surface area contributed by atoms with Gasteiger partial charge in [0.25, 0.3) is 0 Å². The summed E-state index contributed by atoms with van der Waals surface area (Å²) in [5, 5.41) is 4.76. The fourth-order valence-electron chi connectivity index (χ4n) is 2.67. The van der Waals surface area contributed by atoms with Gasteiger partial charge in [-0.2, -0.15) is 0 Å². The minimum Gasteiger partial charge on any atom is -0.348 e. The third-order valence-corrected chi connectivity index (χ3v) is 4.92. The van der Waals surface area contributed by atoms with Gasteiger partial charge in [0, 0.05) is 29.9 Å². The Morgan fingerprint density at radius 3 is 2.70 bits per heavy atom. The molecule has 0 radical (unpaired) electrons. The molecule has 1 N–H and O–H groups in total. The number of anilines is 1. The minimum absolute atomic E-state index is 0.128. The first-order valence-corrected chi connectivity index (χ1v) is 8.69. The molecule has 114 valence electrons. The molecule has 3 nitrogen and oxygen atoms in total. The van der Waals surface area contributed by atoms with Crippen LogP contribution in [-0.4, -0.2) is 24.6 Å². The molecule has 0 saturated carbocycles. The number of nitrogens with zero attached hydrogens (tertiary/aromatic N) is 2. The van der Waals surface area contributed by atoms with E-state index in [1.54, 1.807) is 0 Å². The van der Waals surface area contributed by atoms with Crippen molar-refractivity contribution in [3.63, 3.8) is 0 Å². The van der Waals surface area contributed by atoms with E-state index in [-0.39, 0.29) is 5.41 Å². The quantitative estimate of drug-likeness (QED) is 0.838. The van der Waals surface area contributed by atoms with Crippen LogP contribution in [0.5, 0.6) is 0 Å². The summed E-state index contributed by atoms with van der Waals surface area (Å²) in [6, 6.07) is 0. The second-order valence-corrected chi connectivity index (χ2v) is 8.10. The largest absolute Gasteiger partial charge is 0.348 e. The van der Waals surface area contributed by atoms with E-state index in [4.69, 9.17) is 4.98 Å². The van der Waals surface area contributed by atoms with Crippen LogP contribution in [0.2, 0.25) is 0 Å². The summed E-state index contributed by atoms with van der Waals surface area (Å²) in [6.07, 6.45) is 2.48. The Balaban J connectivity index is 2.18. The molecule has 20 heavy (non-hydrogen) atoms. The lowest BCUT2D eigenvalue weighted by molar-refractivity contribution is 0.558. The lowest BCUT2D eigenvalue weighted by Gasteiger charge is -2.18. The third kappa shape index (κ3) is 3.73. The van der Waals surface area contributed by atoms with E-state index in [1.807, 2.05) is 11.3 Å². The predicted molar refractivity (Wildman–Crippen MR) is 88.8 cm³/mol. The molecule has 2 heterocycles. The number of hydrogen-bond acceptors (Lipinski definition) is 4. The van der Waals surface area contributed by atoms with Crippen molar-refractivity contribution < 1.29 is 0 Å². The monoisotopic (exact) mass is 295 g/mol. The van der Waals surface area contributed by atoms with E-state index >= 15 is 0 Å². The highest BCUT2D eigenvalue weighted by atomic mass is 32.1. The molecule has 0 bridgehead atoms. The summed E-state index contributed by atoms with van der Waals surface area (Å²) in [6.45, 7) is 15.7. The van der Waals surface area contributed by atoms with Gasteiger partial charge < -0.3 is 10.2 Å². The van der Waals surface area contributed by atoms with Gasteiger partial charge in [0.05, 0.1) is 5.69 Å². The van der Waals surface area contributed by atoms with Crippen LogP contribution in [-0.2, 0) is 12.0 Å². The Kier molecular flexibility index (Phi) is 5.08. The number of nitrogens with one attached hydrogen (secondary N) is 1. The van der Waals surface area contributed by atoms with E-state index < -0.39 is 0 Å². The van der Waals surface area contributed by atoms with Crippen LogP contribution < -0.4 is 10.2 Å². The van der Waals surface area contributed by atoms with Crippen LogP contribution in [0.15, 0.2) is 0 Å². The molecule has 1 unspecified atom stereocenters.